The van der Waals surface area contributed by atoms with Crippen LogP contribution < -0.4 is 10.9 Å². The van der Waals surface area contributed by atoms with Crippen molar-refractivity contribution in [3.05, 3.63) is 46.4 Å². The minimum Gasteiger partial charge on any atom is -0.478 e. The number of pyridine rings is 1. The van der Waals surface area contributed by atoms with Crippen molar-refractivity contribution in [3.63, 3.8) is 0 Å². The van der Waals surface area contributed by atoms with E-state index < -0.39 is 11.9 Å². The van der Waals surface area contributed by atoms with E-state index in [9.17, 15) is 14.4 Å². The monoisotopic (exact) mass is 306 g/mol. The minimum atomic E-state index is -1.26. The van der Waals surface area contributed by atoms with E-state index in [0.29, 0.717) is 24.0 Å². The molecule has 1 saturated heterocycles. The minimum absolute atomic E-state index is 0.166. The maximum atomic E-state index is 11.6. The molecule has 3 rings (SSSR count). The fourth-order valence-corrected chi connectivity index (χ4v) is 2.88. The van der Waals surface area contributed by atoms with Gasteiger partial charge in [-0.2, -0.15) is 0 Å². The molecule has 1 fully saturated rings. The molecule has 0 radical (unpaired) electrons. The highest BCUT2D eigenvalue weighted by Crippen LogP contribution is 2.31. The molecule has 0 aliphatic carbocycles. The number of carboxylic acids is 2. The van der Waals surface area contributed by atoms with Gasteiger partial charge < -0.3 is 20.1 Å². The number of hydrogen-bond acceptors (Lipinski definition) is 4. The molecule has 7 nitrogen and oxygen atoms in total. The molecule has 2 atom stereocenters. The average Bonchev–Trinajstić information content (AvgIpc) is 2.47. The van der Waals surface area contributed by atoms with Crippen LogP contribution in [0.2, 0.25) is 0 Å². The van der Waals surface area contributed by atoms with E-state index in [4.69, 9.17) is 10.2 Å². The second-order valence-corrected chi connectivity index (χ2v) is 5.37. The molecule has 3 heterocycles. The Kier molecular flexibility index (Phi) is 5.11. The SMILES string of the molecule is O=C(O)/C=C\C(=O)O.O=c1cccc2n1C[C@@H]1CNC[C@H]2C1. The third-order valence-corrected chi connectivity index (χ3v) is 3.75. The third kappa shape index (κ3) is 4.05. The largest absolute Gasteiger partial charge is 0.478 e. The Morgan fingerprint density at radius 3 is 2.50 bits per heavy atom. The van der Waals surface area contributed by atoms with Crippen molar-refractivity contribution >= 4 is 11.9 Å². The molecular weight excluding hydrogens is 288 g/mol. The van der Waals surface area contributed by atoms with Crippen LogP contribution in [0.5, 0.6) is 0 Å². The standard InChI is InChI=1S/C11H14N2O.C4H4O4/c14-11-3-1-2-10-9-4-8(5-12-6-9)7-13(10)11;5-3(6)1-2-4(7)8/h1-3,8-9,12H,4-7H2;1-2H,(H,5,6)(H,7,8)/b;2-1-/t8-,9+;/m0./s1. The molecule has 22 heavy (non-hydrogen) atoms. The number of nitrogens with one attached hydrogen (secondary N) is 1. The zero-order valence-corrected chi connectivity index (χ0v) is 11.9. The first-order chi connectivity index (χ1) is 10.5. The van der Waals surface area contributed by atoms with Gasteiger partial charge in [0.1, 0.15) is 0 Å². The van der Waals surface area contributed by atoms with Gasteiger partial charge in [0.15, 0.2) is 0 Å². The lowest BCUT2D eigenvalue weighted by atomic mass is 9.84. The van der Waals surface area contributed by atoms with Gasteiger partial charge in [0.05, 0.1) is 0 Å². The summed E-state index contributed by atoms with van der Waals surface area (Å²) < 4.78 is 1.96. The molecule has 2 aliphatic heterocycles. The Hall–Kier alpha value is -2.41. The van der Waals surface area contributed by atoms with Gasteiger partial charge in [0, 0.05) is 42.9 Å². The molecule has 2 bridgehead atoms. The molecule has 1 aromatic heterocycles. The zero-order chi connectivity index (χ0) is 16.1. The molecule has 0 amide bonds. The van der Waals surface area contributed by atoms with Crippen molar-refractivity contribution in [3.8, 4) is 0 Å². The van der Waals surface area contributed by atoms with Gasteiger partial charge in [-0.3, -0.25) is 4.79 Å². The van der Waals surface area contributed by atoms with Gasteiger partial charge in [0.2, 0.25) is 0 Å². The third-order valence-electron chi connectivity index (χ3n) is 3.75. The number of rotatable bonds is 2. The fourth-order valence-electron chi connectivity index (χ4n) is 2.88. The first kappa shape index (κ1) is 16.0. The number of carboxylic acid groups (broad SMARTS) is 2. The van der Waals surface area contributed by atoms with Crippen LogP contribution in [0.1, 0.15) is 18.0 Å². The maximum absolute atomic E-state index is 11.6. The van der Waals surface area contributed by atoms with Crippen LogP contribution in [0.15, 0.2) is 35.1 Å². The van der Waals surface area contributed by atoms with E-state index in [-0.39, 0.29) is 5.56 Å². The number of hydrogen-bond donors (Lipinski definition) is 3. The highest BCUT2D eigenvalue weighted by molar-refractivity contribution is 5.89. The van der Waals surface area contributed by atoms with E-state index in [0.717, 1.165) is 19.6 Å². The lowest BCUT2D eigenvalue weighted by Crippen LogP contribution is -2.44. The highest BCUT2D eigenvalue weighted by atomic mass is 16.4. The molecule has 0 unspecified atom stereocenters. The number of piperidine rings is 1. The van der Waals surface area contributed by atoms with Gasteiger partial charge in [-0.1, -0.05) is 6.07 Å². The smallest absolute Gasteiger partial charge is 0.328 e. The van der Waals surface area contributed by atoms with Crippen molar-refractivity contribution in [2.24, 2.45) is 5.92 Å². The number of fused-ring (bicyclic) bond motifs is 4. The number of nitrogens with zero attached hydrogens (tertiary/aromatic N) is 1. The van der Waals surface area contributed by atoms with Crippen molar-refractivity contribution in [2.75, 3.05) is 13.1 Å². The molecule has 3 N–H and O–H groups in total. The van der Waals surface area contributed by atoms with Crippen LogP contribution in [0.4, 0.5) is 0 Å². The van der Waals surface area contributed by atoms with Crippen LogP contribution in [0.3, 0.4) is 0 Å². The predicted octanol–water partition coefficient (Wildman–Crippen LogP) is 0.267. The highest BCUT2D eigenvalue weighted by Gasteiger charge is 2.30. The summed E-state index contributed by atoms with van der Waals surface area (Å²) in [7, 11) is 0. The molecule has 118 valence electrons. The predicted molar refractivity (Wildman–Crippen MR) is 78.8 cm³/mol. The summed E-state index contributed by atoms with van der Waals surface area (Å²) in [6.45, 7) is 3.00. The Balaban J connectivity index is 0.000000192. The molecule has 0 spiro atoms. The van der Waals surface area contributed by atoms with Gasteiger partial charge in [-0.15, -0.1) is 0 Å². The average molecular weight is 306 g/mol. The molecular formula is C15H18N2O5. The second kappa shape index (κ2) is 7.04. The van der Waals surface area contributed by atoms with E-state index >= 15 is 0 Å². The fraction of sp³-hybridized carbons (Fsp3) is 0.400. The Morgan fingerprint density at radius 2 is 1.86 bits per heavy atom. The van der Waals surface area contributed by atoms with Crippen LogP contribution in [-0.2, 0) is 16.1 Å². The normalized spacial score (nSPS) is 22.4. The van der Waals surface area contributed by atoms with Gasteiger partial charge >= 0.3 is 11.9 Å². The van der Waals surface area contributed by atoms with E-state index in [1.54, 1.807) is 6.07 Å². The van der Waals surface area contributed by atoms with Gasteiger partial charge in [-0.05, 0) is 24.9 Å². The Bertz CT molecular complexity index is 634. The molecule has 0 saturated carbocycles. The number of aliphatic carboxylic acids is 2. The summed E-state index contributed by atoms with van der Waals surface area (Å²) in [5.41, 5.74) is 1.39. The number of carbonyl (C=O) groups is 2. The summed E-state index contributed by atoms with van der Waals surface area (Å²) in [4.78, 5) is 30.7. The van der Waals surface area contributed by atoms with Crippen LogP contribution in [0, 0.1) is 5.92 Å². The van der Waals surface area contributed by atoms with Crippen LogP contribution in [-0.4, -0.2) is 39.8 Å². The summed E-state index contributed by atoms with van der Waals surface area (Å²) >= 11 is 0. The first-order valence-corrected chi connectivity index (χ1v) is 7.01. The molecule has 2 aliphatic rings. The van der Waals surface area contributed by atoms with Gasteiger partial charge in [0.25, 0.3) is 5.56 Å². The molecule has 7 heteroatoms. The van der Waals surface area contributed by atoms with Crippen molar-refractivity contribution in [1.29, 1.82) is 0 Å². The van der Waals surface area contributed by atoms with E-state index in [1.165, 1.54) is 12.1 Å². The first-order valence-electron chi connectivity index (χ1n) is 7.01. The summed E-state index contributed by atoms with van der Waals surface area (Å²) in [5.74, 6) is -1.31. The Labute approximate surface area is 126 Å². The number of aromatic nitrogens is 1. The lowest BCUT2D eigenvalue weighted by molar-refractivity contribution is -0.134. The zero-order valence-electron chi connectivity index (χ0n) is 11.9. The summed E-state index contributed by atoms with van der Waals surface area (Å²) in [6, 6.07) is 5.64. The molecule has 1 aromatic rings. The quantitative estimate of drug-likeness (QED) is 0.677. The van der Waals surface area contributed by atoms with Gasteiger partial charge in [-0.25, -0.2) is 9.59 Å². The summed E-state index contributed by atoms with van der Waals surface area (Å²) in [6.07, 6.45) is 2.36. The Morgan fingerprint density at radius 1 is 1.18 bits per heavy atom. The van der Waals surface area contributed by atoms with Crippen LogP contribution in [0.25, 0.3) is 0 Å². The molecule has 0 aromatic carbocycles. The topological polar surface area (TPSA) is 109 Å². The van der Waals surface area contributed by atoms with E-state index in [2.05, 4.69) is 11.4 Å². The van der Waals surface area contributed by atoms with Crippen LogP contribution >= 0.6 is 0 Å². The maximum Gasteiger partial charge on any atom is 0.328 e. The lowest BCUT2D eigenvalue weighted by Gasteiger charge is -2.37. The van der Waals surface area contributed by atoms with Crippen molar-refractivity contribution < 1.29 is 19.8 Å². The van der Waals surface area contributed by atoms with Crippen molar-refractivity contribution in [1.82, 2.24) is 9.88 Å². The van der Waals surface area contributed by atoms with E-state index in [1.807, 2.05) is 10.6 Å². The van der Waals surface area contributed by atoms with Crippen molar-refractivity contribution in [2.45, 2.75) is 18.9 Å². The summed E-state index contributed by atoms with van der Waals surface area (Å²) in [5, 5.41) is 19.1. The second-order valence-electron chi connectivity index (χ2n) is 5.37.